The number of amides is 1. The van der Waals surface area contributed by atoms with E-state index in [2.05, 4.69) is 25.8 Å². The van der Waals surface area contributed by atoms with Crippen LogP contribution in [0.5, 0.6) is 5.75 Å². The van der Waals surface area contributed by atoms with Crippen molar-refractivity contribution in [1.82, 2.24) is 14.9 Å². The molecular weight excluding hydrogens is 342 g/mol. The van der Waals surface area contributed by atoms with Gasteiger partial charge >= 0.3 is 0 Å². The van der Waals surface area contributed by atoms with Crippen molar-refractivity contribution in [2.24, 2.45) is 0 Å². The first-order valence-electron chi connectivity index (χ1n) is 9.42. The summed E-state index contributed by atoms with van der Waals surface area (Å²) in [6.45, 7) is 8.71. The summed E-state index contributed by atoms with van der Waals surface area (Å²) < 4.78 is 5.47. The Morgan fingerprint density at radius 1 is 1.04 bits per heavy atom. The van der Waals surface area contributed by atoms with E-state index in [0.29, 0.717) is 18.8 Å². The van der Waals surface area contributed by atoms with Crippen LogP contribution in [0.3, 0.4) is 0 Å². The maximum absolute atomic E-state index is 12.3. The molecule has 144 valence electrons. The first kappa shape index (κ1) is 18.9. The number of piperazine rings is 1. The predicted molar refractivity (Wildman–Crippen MR) is 107 cm³/mol. The first-order valence-corrected chi connectivity index (χ1v) is 9.42. The monoisotopic (exact) mass is 369 g/mol. The minimum absolute atomic E-state index is 0.0694. The largest absolute Gasteiger partial charge is 0.495 e. The summed E-state index contributed by atoms with van der Waals surface area (Å²) >= 11 is 0. The van der Waals surface area contributed by atoms with Crippen LogP contribution in [0.25, 0.3) is 0 Å². The lowest BCUT2D eigenvalue weighted by Crippen LogP contribution is -2.47. The molecule has 7 nitrogen and oxygen atoms in total. The number of para-hydroxylation sites is 2. The summed E-state index contributed by atoms with van der Waals surface area (Å²) in [5.74, 6) is 1.64. The Morgan fingerprint density at radius 2 is 1.70 bits per heavy atom. The van der Waals surface area contributed by atoms with E-state index >= 15 is 0 Å². The summed E-state index contributed by atoms with van der Waals surface area (Å²) in [6, 6.07) is 8.08. The van der Waals surface area contributed by atoms with Crippen molar-refractivity contribution in [2.75, 3.05) is 56.2 Å². The second kappa shape index (κ2) is 8.70. The second-order valence-electron chi connectivity index (χ2n) is 6.38. The number of methoxy groups -OCH3 is 1. The van der Waals surface area contributed by atoms with Crippen LogP contribution in [0, 0.1) is 0 Å². The van der Waals surface area contributed by atoms with Gasteiger partial charge in [0.15, 0.2) is 0 Å². The summed E-state index contributed by atoms with van der Waals surface area (Å²) in [5, 5.41) is 0. The molecule has 0 unspecified atom stereocenters. The average Bonchev–Trinajstić information content (AvgIpc) is 2.74. The Balaban J connectivity index is 1.64. The lowest BCUT2D eigenvalue weighted by molar-refractivity contribution is 0.0766. The molecule has 0 N–H and O–H groups in total. The molecule has 0 atom stereocenters. The van der Waals surface area contributed by atoms with E-state index in [1.165, 1.54) is 0 Å². The molecule has 0 bridgehead atoms. The highest BCUT2D eigenvalue weighted by molar-refractivity contribution is 5.92. The van der Waals surface area contributed by atoms with Gasteiger partial charge in [-0.05, 0) is 26.0 Å². The van der Waals surface area contributed by atoms with Crippen molar-refractivity contribution in [2.45, 2.75) is 13.8 Å². The van der Waals surface area contributed by atoms with Crippen molar-refractivity contribution >= 4 is 17.4 Å². The van der Waals surface area contributed by atoms with Gasteiger partial charge in [0, 0.05) is 39.3 Å². The molecule has 0 saturated carbocycles. The molecule has 1 saturated heterocycles. The van der Waals surface area contributed by atoms with Crippen LogP contribution in [-0.2, 0) is 0 Å². The third-order valence-electron chi connectivity index (χ3n) is 4.94. The van der Waals surface area contributed by atoms with Gasteiger partial charge < -0.3 is 19.4 Å². The van der Waals surface area contributed by atoms with Crippen LogP contribution in [0.2, 0.25) is 0 Å². The van der Waals surface area contributed by atoms with E-state index in [4.69, 9.17) is 4.74 Å². The Morgan fingerprint density at radius 3 is 2.30 bits per heavy atom. The van der Waals surface area contributed by atoms with Crippen LogP contribution in [0.1, 0.15) is 24.3 Å². The minimum atomic E-state index is -0.0694. The highest BCUT2D eigenvalue weighted by Gasteiger charge is 2.21. The third kappa shape index (κ3) is 4.13. The molecule has 1 amide bonds. The lowest BCUT2D eigenvalue weighted by Gasteiger charge is -2.37. The van der Waals surface area contributed by atoms with E-state index in [9.17, 15) is 4.79 Å². The zero-order valence-corrected chi connectivity index (χ0v) is 16.3. The van der Waals surface area contributed by atoms with E-state index in [1.807, 2.05) is 32.0 Å². The normalized spacial score (nSPS) is 14.2. The van der Waals surface area contributed by atoms with Crippen molar-refractivity contribution in [1.29, 1.82) is 0 Å². The summed E-state index contributed by atoms with van der Waals surface area (Å²) in [5.41, 5.74) is 1.51. The molecule has 27 heavy (non-hydrogen) atoms. The Labute approximate surface area is 160 Å². The Hall–Kier alpha value is -2.83. The maximum Gasteiger partial charge on any atom is 0.274 e. The minimum Gasteiger partial charge on any atom is -0.495 e. The van der Waals surface area contributed by atoms with Crippen molar-refractivity contribution in [3.05, 3.63) is 42.4 Å². The molecular formula is C20H27N5O2. The van der Waals surface area contributed by atoms with Crippen LogP contribution >= 0.6 is 0 Å². The van der Waals surface area contributed by atoms with Crippen molar-refractivity contribution in [3.63, 3.8) is 0 Å². The van der Waals surface area contributed by atoms with Gasteiger partial charge in [-0.2, -0.15) is 0 Å². The van der Waals surface area contributed by atoms with Gasteiger partial charge in [-0.1, -0.05) is 12.1 Å². The fourth-order valence-electron chi connectivity index (χ4n) is 3.34. The Bertz CT molecular complexity index is 753. The summed E-state index contributed by atoms with van der Waals surface area (Å²) in [4.78, 5) is 27.4. The smallest absolute Gasteiger partial charge is 0.274 e. The molecule has 1 fully saturated rings. The molecule has 3 rings (SSSR count). The molecule has 7 heteroatoms. The first-order chi connectivity index (χ1) is 13.2. The third-order valence-corrected chi connectivity index (χ3v) is 4.94. The lowest BCUT2D eigenvalue weighted by atomic mass is 10.2. The average molecular weight is 369 g/mol. The summed E-state index contributed by atoms with van der Waals surface area (Å²) in [6.07, 6.45) is 3.29. The van der Waals surface area contributed by atoms with Gasteiger partial charge in [-0.15, -0.1) is 0 Å². The van der Waals surface area contributed by atoms with E-state index < -0.39 is 0 Å². The number of nitrogens with zero attached hydrogens (tertiary/aromatic N) is 5. The summed E-state index contributed by atoms with van der Waals surface area (Å²) in [7, 11) is 1.70. The zero-order valence-electron chi connectivity index (χ0n) is 16.3. The molecule has 2 heterocycles. The number of ether oxygens (including phenoxy) is 1. The van der Waals surface area contributed by atoms with E-state index in [1.54, 1.807) is 24.4 Å². The quantitative estimate of drug-likeness (QED) is 0.779. The van der Waals surface area contributed by atoms with Gasteiger partial charge in [0.25, 0.3) is 5.91 Å². The van der Waals surface area contributed by atoms with E-state index in [-0.39, 0.29) is 5.91 Å². The molecule has 0 spiro atoms. The van der Waals surface area contributed by atoms with Crippen LogP contribution < -0.4 is 14.5 Å². The van der Waals surface area contributed by atoms with Crippen LogP contribution in [-0.4, -0.2) is 67.2 Å². The zero-order chi connectivity index (χ0) is 19.2. The molecule has 0 radical (unpaired) electrons. The van der Waals surface area contributed by atoms with Gasteiger partial charge in [-0.25, -0.2) is 9.97 Å². The van der Waals surface area contributed by atoms with Gasteiger partial charge in [0.05, 0.1) is 25.2 Å². The van der Waals surface area contributed by atoms with Crippen molar-refractivity contribution in [3.8, 4) is 5.75 Å². The SMILES string of the molecule is CCN(CC)C(=O)c1cnc(N2CCN(c3ccccc3OC)CC2)cn1. The molecule has 1 aromatic heterocycles. The number of hydrogen-bond acceptors (Lipinski definition) is 6. The van der Waals surface area contributed by atoms with E-state index in [0.717, 1.165) is 43.4 Å². The van der Waals surface area contributed by atoms with Crippen molar-refractivity contribution < 1.29 is 9.53 Å². The fraction of sp³-hybridized carbons (Fsp3) is 0.450. The molecule has 1 aliphatic rings. The molecule has 0 aliphatic carbocycles. The van der Waals surface area contributed by atoms with Gasteiger partial charge in [0.1, 0.15) is 17.3 Å². The molecule has 1 aromatic carbocycles. The Kier molecular flexibility index (Phi) is 6.11. The number of aromatic nitrogens is 2. The molecule has 1 aliphatic heterocycles. The van der Waals surface area contributed by atoms with Crippen LogP contribution in [0.4, 0.5) is 11.5 Å². The number of hydrogen-bond donors (Lipinski definition) is 0. The fourth-order valence-corrected chi connectivity index (χ4v) is 3.34. The number of carbonyl (C=O) groups is 1. The predicted octanol–water partition coefficient (Wildman–Crippen LogP) is 2.29. The second-order valence-corrected chi connectivity index (χ2v) is 6.38. The molecule has 2 aromatic rings. The topological polar surface area (TPSA) is 61.8 Å². The van der Waals surface area contributed by atoms with Crippen LogP contribution in [0.15, 0.2) is 36.7 Å². The number of rotatable bonds is 6. The highest BCUT2D eigenvalue weighted by atomic mass is 16.5. The van der Waals surface area contributed by atoms with Gasteiger partial charge in [-0.3, -0.25) is 4.79 Å². The number of benzene rings is 1. The maximum atomic E-state index is 12.3. The standard InChI is InChI=1S/C20H27N5O2/c1-4-23(5-2)20(26)16-14-22-19(15-21-16)25-12-10-24(11-13-25)17-8-6-7-9-18(17)27-3/h6-9,14-15H,4-5,10-13H2,1-3H3. The number of anilines is 2. The van der Waals surface area contributed by atoms with Gasteiger partial charge in [0.2, 0.25) is 0 Å². The number of carbonyl (C=O) groups excluding carboxylic acids is 1. The highest BCUT2D eigenvalue weighted by Crippen LogP contribution is 2.28.